The third-order valence-corrected chi connectivity index (χ3v) is 2.08. The van der Waals surface area contributed by atoms with Gasteiger partial charge in [0.1, 0.15) is 11.4 Å². The molecule has 0 aliphatic carbocycles. The van der Waals surface area contributed by atoms with Gasteiger partial charge in [0.15, 0.2) is 6.29 Å². The van der Waals surface area contributed by atoms with Crippen molar-refractivity contribution in [2.45, 2.75) is 13.8 Å². The number of ketones is 1. The van der Waals surface area contributed by atoms with Gasteiger partial charge >= 0.3 is 0 Å². The summed E-state index contributed by atoms with van der Waals surface area (Å²) in [5, 5.41) is 7.00. The van der Waals surface area contributed by atoms with Crippen molar-refractivity contribution in [3.8, 4) is 0 Å². The van der Waals surface area contributed by atoms with Crippen LogP contribution in [0.2, 0.25) is 0 Å². The molecule has 0 radical (unpaired) electrons. The number of aromatic nitrogens is 2. The fourth-order valence-electron chi connectivity index (χ4n) is 1.32. The van der Waals surface area contributed by atoms with Gasteiger partial charge in [-0.15, -0.1) is 0 Å². The van der Waals surface area contributed by atoms with Crippen LogP contribution in [0.1, 0.15) is 40.4 Å². The van der Waals surface area contributed by atoms with Gasteiger partial charge in [0.2, 0.25) is 5.78 Å². The van der Waals surface area contributed by atoms with Crippen molar-refractivity contribution in [1.82, 2.24) is 9.97 Å². The van der Waals surface area contributed by atoms with Gasteiger partial charge in [0, 0.05) is 25.1 Å². The van der Waals surface area contributed by atoms with Crippen LogP contribution in [-0.4, -0.2) is 34.3 Å². The van der Waals surface area contributed by atoms with E-state index in [1.54, 1.807) is 30.3 Å². The molecule has 1 N–H and O–H groups in total. The molecule has 5 heteroatoms. The van der Waals surface area contributed by atoms with E-state index in [9.17, 15) is 9.59 Å². The van der Waals surface area contributed by atoms with E-state index in [1.807, 2.05) is 13.8 Å². The number of hydrogen-bond donors (Lipinski definition) is 1. The molecule has 2 rings (SSSR count). The first-order valence-corrected chi connectivity index (χ1v) is 6.13. The SMILES string of the molecule is CC.CO.O=Cc1cccnc1C(=O)c1ccccn1. The fraction of sp³-hybridized carbons (Fsp3) is 0.200. The highest BCUT2D eigenvalue weighted by Gasteiger charge is 2.14. The van der Waals surface area contributed by atoms with Crippen LogP contribution in [0.25, 0.3) is 0 Å². The molecular formula is C15H18N2O3. The zero-order valence-electron chi connectivity index (χ0n) is 11.8. The van der Waals surface area contributed by atoms with Gasteiger partial charge in [0.05, 0.1) is 0 Å². The van der Waals surface area contributed by atoms with Crippen molar-refractivity contribution >= 4 is 12.1 Å². The second kappa shape index (κ2) is 10.5. The lowest BCUT2D eigenvalue weighted by molar-refractivity contribution is 0.102. The molecule has 0 aliphatic rings. The molecule has 0 unspecified atom stereocenters. The van der Waals surface area contributed by atoms with Gasteiger partial charge in [-0.3, -0.25) is 19.6 Å². The van der Waals surface area contributed by atoms with Gasteiger partial charge < -0.3 is 5.11 Å². The number of rotatable bonds is 3. The minimum absolute atomic E-state index is 0.135. The number of carbonyl (C=O) groups excluding carboxylic acids is 2. The van der Waals surface area contributed by atoms with Crippen LogP contribution in [0.5, 0.6) is 0 Å². The summed E-state index contributed by atoms with van der Waals surface area (Å²) in [5.74, 6) is -0.344. The minimum Gasteiger partial charge on any atom is -0.400 e. The maximum atomic E-state index is 11.9. The van der Waals surface area contributed by atoms with Crippen molar-refractivity contribution < 1.29 is 14.7 Å². The number of aliphatic hydroxyl groups excluding tert-OH is 1. The Bertz CT molecular complexity index is 528. The molecule has 20 heavy (non-hydrogen) atoms. The molecule has 0 fully saturated rings. The molecule has 0 saturated heterocycles. The number of nitrogens with zero attached hydrogens (tertiary/aromatic N) is 2. The van der Waals surface area contributed by atoms with Crippen molar-refractivity contribution in [2.24, 2.45) is 0 Å². The maximum absolute atomic E-state index is 11.9. The highest BCUT2D eigenvalue weighted by Crippen LogP contribution is 2.08. The normalized spacial score (nSPS) is 8.40. The van der Waals surface area contributed by atoms with E-state index in [2.05, 4.69) is 9.97 Å². The lowest BCUT2D eigenvalue weighted by atomic mass is 10.1. The summed E-state index contributed by atoms with van der Waals surface area (Å²) in [7, 11) is 1.00. The first-order chi connectivity index (χ1) is 9.83. The predicted molar refractivity (Wildman–Crippen MR) is 76.8 cm³/mol. The summed E-state index contributed by atoms with van der Waals surface area (Å²) in [6, 6.07) is 8.18. The standard InChI is InChI=1S/C12H8N2O2.C2H6.CH4O/c15-8-9-4-3-7-14-11(9)12(16)10-5-1-2-6-13-10;2*1-2/h1-8H;1-2H3;2H,1H3. The average Bonchev–Trinajstić information content (AvgIpc) is 2.58. The Kier molecular flexibility index (Phi) is 9.25. The topological polar surface area (TPSA) is 80.1 Å². The van der Waals surface area contributed by atoms with Gasteiger partial charge in [-0.25, -0.2) is 0 Å². The van der Waals surface area contributed by atoms with Crippen molar-refractivity contribution in [1.29, 1.82) is 0 Å². The Balaban J connectivity index is 0.000000829. The lowest BCUT2D eigenvalue weighted by Crippen LogP contribution is -2.09. The first-order valence-electron chi connectivity index (χ1n) is 6.13. The molecule has 2 aromatic heterocycles. The summed E-state index contributed by atoms with van der Waals surface area (Å²) >= 11 is 0. The molecule has 2 heterocycles. The van der Waals surface area contributed by atoms with Crippen LogP contribution in [0.3, 0.4) is 0 Å². The third-order valence-electron chi connectivity index (χ3n) is 2.08. The summed E-state index contributed by atoms with van der Waals surface area (Å²) in [6.45, 7) is 4.00. The monoisotopic (exact) mass is 274 g/mol. The molecule has 0 saturated carbocycles. The van der Waals surface area contributed by atoms with Crippen LogP contribution in [0.4, 0.5) is 0 Å². The Hall–Kier alpha value is -2.40. The van der Waals surface area contributed by atoms with E-state index in [0.717, 1.165) is 7.11 Å². The maximum Gasteiger partial charge on any atom is 0.230 e. The fourth-order valence-corrected chi connectivity index (χ4v) is 1.32. The molecule has 0 atom stereocenters. The number of carbonyl (C=O) groups is 2. The highest BCUT2D eigenvalue weighted by molar-refractivity contribution is 6.10. The van der Waals surface area contributed by atoms with Crippen LogP contribution >= 0.6 is 0 Å². The molecule has 5 nitrogen and oxygen atoms in total. The largest absolute Gasteiger partial charge is 0.400 e. The third kappa shape index (κ3) is 4.70. The number of hydrogen-bond acceptors (Lipinski definition) is 5. The summed E-state index contributed by atoms with van der Waals surface area (Å²) < 4.78 is 0. The molecule has 0 aliphatic heterocycles. The molecule has 0 aromatic carbocycles. The number of pyridine rings is 2. The van der Waals surface area contributed by atoms with E-state index >= 15 is 0 Å². The summed E-state index contributed by atoms with van der Waals surface area (Å²) in [6.07, 6.45) is 3.61. The van der Waals surface area contributed by atoms with Gasteiger partial charge in [-0.2, -0.15) is 0 Å². The van der Waals surface area contributed by atoms with E-state index in [4.69, 9.17) is 5.11 Å². The van der Waals surface area contributed by atoms with E-state index < -0.39 is 0 Å². The smallest absolute Gasteiger partial charge is 0.230 e. The molecule has 0 amide bonds. The van der Waals surface area contributed by atoms with E-state index in [0.29, 0.717) is 6.29 Å². The summed E-state index contributed by atoms with van der Waals surface area (Å²) in [5.41, 5.74) is 0.693. The summed E-state index contributed by atoms with van der Waals surface area (Å²) in [4.78, 5) is 30.5. The van der Waals surface area contributed by atoms with Gasteiger partial charge in [-0.05, 0) is 24.3 Å². The molecular weight excluding hydrogens is 256 g/mol. The quantitative estimate of drug-likeness (QED) is 0.685. The van der Waals surface area contributed by atoms with Gasteiger partial charge in [-0.1, -0.05) is 19.9 Å². The molecule has 0 spiro atoms. The Labute approximate surface area is 118 Å². The van der Waals surface area contributed by atoms with Crippen LogP contribution in [-0.2, 0) is 0 Å². The van der Waals surface area contributed by atoms with Crippen molar-refractivity contribution in [2.75, 3.05) is 7.11 Å². The molecule has 0 bridgehead atoms. The molecule has 2 aromatic rings. The second-order valence-electron chi connectivity index (χ2n) is 3.10. The zero-order chi connectivity index (χ0) is 15.4. The number of aliphatic hydroxyl groups is 1. The van der Waals surface area contributed by atoms with E-state index in [-0.39, 0.29) is 22.7 Å². The number of aldehydes is 1. The Morgan fingerprint density at radius 2 is 1.70 bits per heavy atom. The van der Waals surface area contributed by atoms with Crippen LogP contribution in [0, 0.1) is 0 Å². The van der Waals surface area contributed by atoms with Crippen LogP contribution < -0.4 is 0 Å². The average molecular weight is 274 g/mol. The van der Waals surface area contributed by atoms with Gasteiger partial charge in [0.25, 0.3) is 0 Å². The van der Waals surface area contributed by atoms with Crippen molar-refractivity contribution in [3.05, 3.63) is 59.7 Å². The Morgan fingerprint density at radius 1 is 1.05 bits per heavy atom. The van der Waals surface area contributed by atoms with E-state index in [1.165, 1.54) is 12.4 Å². The van der Waals surface area contributed by atoms with Crippen molar-refractivity contribution in [3.63, 3.8) is 0 Å². The Morgan fingerprint density at radius 3 is 2.25 bits per heavy atom. The lowest BCUT2D eigenvalue weighted by Gasteiger charge is -2.01. The van der Waals surface area contributed by atoms with Crippen LogP contribution in [0.15, 0.2) is 42.7 Å². The zero-order valence-corrected chi connectivity index (χ0v) is 11.8. The molecule has 106 valence electrons. The first kappa shape index (κ1) is 17.6. The minimum atomic E-state index is -0.344. The second-order valence-corrected chi connectivity index (χ2v) is 3.10. The predicted octanol–water partition coefficient (Wildman–Crippen LogP) is 2.15. The highest BCUT2D eigenvalue weighted by atomic mass is 16.2.